The van der Waals surface area contributed by atoms with E-state index in [-0.39, 0.29) is 0 Å². The van der Waals surface area contributed by atoms with Crippen LogP contribution in [0.5, 0.6) is 0 Å². The van der Waals surface area contributed by atoms with Crippen molar-refractivity contribution in [2.24, 2.45) is 0 Å². The van der Waals surface area contributed by atoms with Crippen LogP contribution in [0, 0.1) is 0 Å². The summed E-state index contributed by atoms with van der Waals surface area (Å²) in [6.45, 7) is 0. The fraction of sp³-hybridized carbons (Fsp3) is 0. The van der Waals surface area contributed by atoms with E-state index in [0.29, 0.717) is 0.732 Å². The van der Waals surface area contributed by atoms with Crippen LogP contribution >= 0.6 is 45.7 Å². The highest BCUT2D eigenvalue weighted by Crippen LogP contribution is 2.11. The SMILES string of the molecule is O=S(=O)(O)N(I)I. The van der Waals surface area contributed by atoms with Crippen LogP contribution in [0.15, 0.2) is 0 Å². The number of hydrogen-bond donors (Lipinski definition) is 1. The minimum atomic E-state index is -3.93. The third kappa shape index (κ3) is 3.88. The van der Waals surface area contributed by atoms with E-state index in [1.165, 1.54) is 45.7 Å². The van der Waals surface area contributed by atoms with Gasteiger partial charge in [-0.2, -0.15) is 8.42 Å². The Balaban J connectivity index is 4.10. The molecule has 0 aliphatic heterocycles. The Labute approximate surface area is 69.1 Å². The van der Waals surface area contributed by atoms with Gasteiger partial charge in [0.2, 0.25) is 0 Å². The number of nitrogens with zero attached hydrogens (tertiary/aromatic N) is 1. The van der Waals surface area contributed by atoms with E-state index in [0.717, 1.165) is 0 Å². The van der Waals surface area contributed by atoms with Crippen molar-refractivity contribution in [3.8, 4) is 0 Å². The zero-order valence-corrected chi connectivity index (χ0v) is 8.01. The van der Waals surface area contributed by atoms with Gasteiger partial charge in [0.25, 0.3) is 0 Å². The average molecular weight is 349 g/mol. The summed E-state index contributed by atoms with van der Waals surface area (Å²) in [5.74, 6) is 0. The van der Waals surface area contributed by atoms with Crippen molar-refractivity contribution in [3.63, 3.8) is 0 Å². The first kappa shape index (κ1) is 8.33. The van der Waals surface area contributed by atoms with E-state index in [9.17, 15) is 8.42 Å². The lowest BCUT2D eigenvalue weighted by molar-refractivity contribution is 0.472. The summed E-state index contributed by atoms with van der Waals surface area (Å²) in [6, 6.07) is 0. The van der Waals surface area contributed by atoms with Crippen molar-refractivity contribution < 1.29 is 13.0 Å². The molecule has 0 heterocycles. The molecule has 0 radical (unpaired) electrons. The van der Waals surface area contributed by atoms with Gasteiger partial charge in [0.15, 0.2) is 0 Å². The van der Waals surface area contributed by atoms with Crippen molar-refractivity contribution in [2.75, 3.05) is 0 Å². The Bertz CT molecular complexity index is 135. The topological polar surface area (TPSA) is 57.6 Å². The summed E-state index contributed by atoms with van der Waals surface area (Å²) in [6.07, 6.45) is 0. The van der Waals surface area contributed by atoms with E-state index in [2.05, 4.69) is 0 Å². The number of hydrogen-bond acceptors (Lipinski definition) is 2. The Morgan fingerprint density at radius 2 is 1.57 bits per heavy atom. The van der Waals surface area contributed by atoms with Crippen LogP contribution in [0.1, 0.15) is 0 Å². The van der Waals surface area contributed by atoms with Gasteiger partial charge in [-0.25, -0.2) is 0 Å². The van der Waals surface area contributed by atoms with Gasteiger partial charge in [-0.3, -0.25) is 4.55 Å². The largest absolute Gasteiger partial charge is 0.353 e. The van der Waals surface area contributed by atoms with Gasteiger partial charge >= 0.3 is 10.3 Å². The predicted molar refractivity (Wildman–Crippen MR) is 41.4 cm³/mol. The van der Waals surface area contributed by atoms with Crippen LogP contribution in [0.25, 0.3) is 0 Å². The van der Waals surface area contributed by atoms with Crippen LogP contribution in [0.4, 0.5) is 0 Å². The number of rotatable bonds is 1. The summed E-state index contributed by atoms with van der Waals surface area (Å²) in [5, 5.41) is 0. The standard InChI is InChI=1S/HI2NO3S/c1-3(2)7(4,5)6/h(H,4,5,6). The van der Waals surface area contributed by atoms with Crippen LogP contribution in [-0.4, -0.2) is 13.7 Å². The van der Waals surface area contributed by atoms with Crippen molar-refractivity contribution in [1.29, 1.82) is 0 Å². The summed E-state index contributed by atoms with van der Waals surface area (Å²) in [5.41, 5.74) is 0. The highest BCUT2D eigenvalue weighted by atomic mass is 127. The minimum absolute atomic E-state index is 0.655. The monoisotopic (exact) mass is 349 g/mol. The van der Waals surface area contributed by atoms with E-state index < -0.39 is 10.3 Å². The Hall–Kier alpha value is 1.33. The lowest BCUT2D eigenvalue weighted by Gasteiger charge is -1.94. The maximum Gasteiger partial charge on any atom is 0.353 e. The third-order valence-electron chi connectivity index (χ3n) is 0.174. The van der Waals surface area contributed by atoms with E-state index >= 15 is 0 Å². The molecule has 0 rings (SSSR count). The first-order valence-corrected chi connectivity index (χ1v) is 4.36. The normalized spacial score (nSPS) is 12.6. The average Bonchev–Trinajstić information content (AvgIpc) is 1.31. The minimum Gasteiger partial charge on any atom is -0.272 e. The molecule has 7 heteroatoms. The van der Waals surface area contributed by atoms with Crippen LogP contribution in [0.2, 0.25) is 0 Å². The van der Waals surface area contributed by atoms with Gasteiger partial charge in [-0.1, -0.05) is 0.732 Å². The molecule has 44 valence electrons. The molecular formula is HI2NO3S. The number of halogens is 2. The first-order valence-electron chi connectivity index (χ1n) is 1.04. The second-order valence-electron chi connectivity index (χ2n) is 0.650. The fourth-order valence-electron chi connectivity index (χ4n) is 0. The Morgan fingerprint density at radius 1 is 1.43 bits per heavy atom. The van der Waals surface area contributed by atoms with Crippen molar-refractivity contribution in [1.82, 2.24) is 0.732 Å². The van der Waals surface area contributed by atoms with Gasteiger partial charge in [0.05, 0.1) is 45.7 Å². The molecule has 0 aromatic rings. The summed E-state index contributed by atoms with van der Waals surface area (Å²) in [7, 11) is -3.93. The molecule has 4 nitrogen and oxygen atoms in total. The van der Waals surface area contributed by atoms with Gasteiger partial charge in [0, 0.05) is 0 Å². The maximum absolute atomic E-state index is 9.80. The highest BCUT2D eigenvalue weighted by molar-refractivity contribution is 14.2. The lowest BCUT2D eigenvalue weighted by atomic mass is 13.9. The predicted octanol–water partition coefficient (Wildman–Crippen LogP) is 0.791. The van der Waals surface area contributed by atoms with Gasteiger partial charge in [0.1, 0.15) is 0 Å². The Morgan fingerprint density at radius 3 is 1.57 bits per heavy atom. The van der Waals surface area contributed by atoms with Crippen LogP contribution < -0.4 is 0 Å². The molecule has 0 atom stereocenters. The van der Waals surface area contributed by atoms with E-state index in [4.69, 9.17) is 4.55 Å². The molecule has 1 N–H and O–H groups in total. The molecule has 0 aromatic heterocycles. The molecule has 7 heavy (non-hydrogen) atoms. The van der Waals surface area contributed by atoms with Crippen LogP contribution in [-0.2, 0) is 10.3 Å². The van der Waals surface area contributed by atoms with Crippen molar-refractivity contribution in [3.05, 3.63) is 0 Å². The second-order valence-corrected chi connectivity index (χ2v) is 7.00. The quantitative estimate of drug-likeness (QED) is 0.433. The summed E-state index contributed by atoms with van der Waals surface area (Å²) in [4.78, 5) is 0. The zero-order valence-electron chi connectivity index (χ0n) is 2.88. The molecule has 0 aliphatic carbocycles. The molecule has 0 unspecified atom stereocenters. The van der Waals surface area contributed by atoms with Crippen LogP contribution in [0.3, 0.4) is 0 Å². The van der Waals surface area contributed by atoms with Gasteiger partial charge in [-0.15, -0.1) is 0 Å². The molecule has 0 fully saturated rings. The van der Waals surface area contributed by atoms with Gasteiger partial charge in [-0.05, 0) is 0 Å². The summed E-state index contributed by atoms with van der Waals surface area (Å²) < 4.78 is 28.2. The molecule has 0 saturated heterocycles. The second kappa shape index (κ2) is 2.75. The molecule has 0 amide bonds. The maximum atomic E-state index is 9.80. The highest BCUT2D eigenvalue weighted by Gasteiger charge is 2.09. The lowest BCUT2D eigenvalue weighted by Crippen LogP contribution is -2.07. The molecule has 0 aliphatic rings. The first-order chi connectivity index (χ1) is 2.94. The van der Waals surface area contributed by atoms with Crippen molar-refractivity contribution >= 4 is 56.0 Å². The zero-order chi connectivity index (χ0) is 6.08. The third-order valence-corrected chi connectivity index (χ3v) is 3.51. The van der Waals surface area contributed by atoms with Gasteiger partial charge < -0.3 is 0 Å². The smallest absolute Gasteiger partial charge is 0.272 e. The molecular weight excluding hydrogens is 348 g/mol. The fourth-order valence-corrected chi connectivity index (χ4v) is 0. The molecule has 0 spiro atoms. The summed E-state index contributed by atoms with van der Waals surface area (Å²) >= 11 is 2.86. The Kier molecular flexibility index (Phi) is 3.28. The molecule has 0 bridgehead atoms. The molecule has 0 saturated carbocycles. The van der Waals surface area contributed by atoms with Crippen molar-refractivity contribution in [2.45, 2.75) is 0 Å². The van der Waals surface area contributed by atoms with E-state index in [1.54, 1.807) is 0 Å². The van der Waals surface area contributed by atoms with E-state index in [1.807, 2.05) is 0 Å². The molecule has 0 aromatic carbocycles.